The molecule has 7 nitrogen and oxygen atoms in total. The first kappa shape index (κ1) is 18.6. The molecule has 2 fully saturated rings. The molecule has 158 valence electrons. The van der Waals surface area contributed by atoms with Crippen molar-refractivity contribution < 1.29 is 5.11 Å². The molecule has 7 heteroatoms. The highest BCUT2D eigenvalue weighted by atomic mass is 16.3. The second kappa shape index (κ2) is 7.20. The Hall–Kier alpha value is -3.19. The summed E-state index contributed by atoms with van der Waals surface area (Å²) in [4.78, 5) is 12.3. The maximum absolute atomic E-state index is 10.7. The zero-order chi connectivity index (χ0) is 20.9. The molecule has 1 saturated carbocycles. The summed E-state index contributed by atoms with van der Waals surface area (Å²) < 4.78 is 1.76. The van der Waals surface area contributed by atoms with Gasteiger partial charge in [-0.15, -0.1) is 0 Å². The maximum Gasteiger partial charge on any atom is 0.163 e. The van der Waals surface area contributed by atoms with E-state index in [2.05, 4.69) is 33.5 Å². The van der Waals surface area contributed by atoms with Crippen molar-refractivity contribution in [1.29, 1.82) is 0 Å². The molecule has 2 aromatic heterocycles. The Morgan fingerprint density at radius 1 is 1.03 bits per heavy atom. The lowest BCUT2D eigenvalue weighted by molar-refractivity contribution is 0.414. The number of anilines is 1. The van der Waals surface area contributed by atoms with Crippen molar-refractivity contribution >= 4 is 27.5 Å². The number of benzene rings is 2. The van der Waals surface area contributed by atoms with Crippen LogP contribution < -0.4 is 10.2 Å². The van der Waals surface area contributed by atoms with Gasteiger partial charge in [0, 0.05) is 67.9 Å². The number of hydrogen-bond donors (Lipinski definition) is 2. The van der Waals surface area contributed by atoms with E-state index in [1.807, 2.05) is 19.3 Å². The van der Waals surface area contributed by atoms with E-state index in [4.69, 9.17) is 9.97 Å². The normalized spacial score (nSPS) is 17.4. The SMILES string of the molecule is Cn1cc2cc(-c3nc(C4CCC4)c4cc(N5CCNCC5)ccc4n3)c(O)cc2n1. The Kier molecular flexibility index (Phi) is 4.31. The summed E-state index contributed by atoms with van der Waals surface area (Å²) >= 11 is 0. The van der Waals surface area contributed by atoms with Gasteiger partial charge in [0.2, 0.25) is 0 Å². The number of phenolic OH excluding ortho intramolecular Hbond substituents is 1. The van der Waals surface area contributed by atoms with E-state index in [1.54, 1.807) is 10.7 Å². The van der Waals surface area contributed by atoms with Crippen molar-refractivity contribution in [2.24, 2.45) is 7.05 Å². The van der Waals surface area contributed by atoms with Crippen LogP contribution in [0.5, 0.6) is 5.75 Å². The third-order valence-corrected chi connectivity index (χ3v) is 6.66. The third kappa shape index (κ3) is 3.20. The number of fused-ring (bicyclic) bond motifs is 2. The van der Waals surface area contributed by atoms with Crippen LogP contribution in [-0.2, 0) is 7.05 Å². The largest absolute Gasteiger partial charge is 0.507 e. The number of piperazine rings is 1. The van der Waals surface area contributed by atoms with Gasteiger partial charge in [-0.2, -0.15) is 5.10 Å². The van der Waals surface area contributed by atoms with Crippen molar-refractivity contribution in [3.63, 3.8) is 0 Å². The van der Waals surface area contributed by atoms with Crippen molar-refractivity contribution in [2.45, 2.75) is 25.2 Å². The fourth-order valence-electron chi connectivity index (χ4n) is 4.74. The lowest BCUT2D eigenvalue weighted by atomic mass is 9.81. The summed E-state index contributed by atoms with van der Waals surface area (Å²) in [6.07, 6.45) is 5.52. The van der Waals surface area contributed by atoms with Gasteiger partial charge in [0.05, 0.1) is 22.3 Å². The molecule has 2 aromatic carbocycles. The molecule has 6 rings (SSSR count). The lowest BCUT2D eigenvalue weighted by Gasteiger charge is -2.30. The van der Waals surface area contributed by atoms with Crippen LogP contribution in [0, 0.1) is 0 Å². The van der Waals surface area contributed by atoms with Crippen molar-refractivity contribution in [1.82, 2.24) is 25.1 Å². The van der Waals surface area contributed by atoms with E-state index in [1.165, 1.54) is 12.1 Å². The molecule has 1 saturated heterocycles. The molecule has 1 aliphatic heterocycles. The van der Waals surface area contributed by atoms with Gasteiger partial charge < -0.3 is 15.3 Å². The number of nitrogens with one attached hydrogen (secondary N) is 1. The minimum atomic E-state index is 0.169. The Balaban J connectivity index is 1.50. The first-order valence-corrected chi connectivity index (χ1v) is 11.1. The Labute approximate surface area is 180 Å². The molecule has 0 bridgehead atoms. The first-order chi connectivity index (χ1) is 15.2. The van der Waals surface area contributed by atoms with Crippen LogP contribution in [-0.4, -0.2) is 51.0 Å². The number of rotatable bonds is 3. The van der Waals surface area contributed by atoms with E-state index >= 15 is 0 Å². The lowest BCUT2D eigenvalue weighted by Crippen LogP contribution is -2.43. The second-order valence-electron chi connectivity index (χ2n) is 8.73. The van der Waals surface area contributed by atoms with Gasteiger partial charge in [0.15, 0.2) is 5.82 Å². The van der Waals surface area contributed by atoms with Gasteiger partial charge >= 0.3 is 0 Å². The minimum Gasteiger partial charge on any atom is -0.507 e. The molecule has 31 heavy (non-hydrogen) atoms. The fraction of sp³-hybridized carbons (Fsp3) is 0.375. The third-order valence-electron chi connectivity index (χ3n) is 6.66. The van der Waals surface area contributed by atoms with Crippen LogP contribution in [0.2, 0.25) is 0 Å². The minimum absolute atomic E-state index is 0.169. The average molecular weight is 415 g/mol. The van der Waals surface area contributed by atoms with Gasteiger partial charge in [-0.1, -0.05) is 6.42 Å². The Bertz CT molecular complexity index is 1290. The smallest absolute Gasteiger partial charge is 0.163 e. The highest BCUT2D eigenvalue weighted by Gasteiger charge is 2.25. The number of aromatic hydroxyl groups is 1. The van der Waals surface area contributed by atoms with E-state index in [0.29, 0.717) is 17.3 Å². The van der Waals surface area contributed by atoms with Crippen LogP contribution in [0.15, 0.2) is 36.5 Å². The van der Waals surface area contributed by atoms with E-state index < -0.39 is 0 Å². The van der Waals surface area contributed by atoms with Crippen molar-refractivity contribution in [3.8, 4) is 17.1 Å². The summed E-state index contributed by atoms with van der Waals surface area (Å²) in [5.74, 6) is 1.22. The fourth-order valence-corrected chi connectivity index (χ4v) is 4.74. The molecule has 0 radical (unpaired) electrons. The summed E-state index contributed by atoms with van der Waals surface area (Å²) in [6, 6.07) is 10.2. The maximum atomic E-state index is 10.7. The molecule has 0 atom stereocenters. The molecule has 1 aliphatic carbocycles. The standard InChI is InChI=1S/C24H26N6O/c1-29-14-16-11-19(22(31)13-21(16)28-29)24-26-20-6-5-17(30-9-7-25-8-10-30)12-18(20)23(27-24)15-3-2-4-15/h5-6,11-15,25,31H,2-4,7-10H2,1H3. The topological polar surface area (TPSA) is 79.1 Å². The van der Waals surface area contributed by atoms with Gasteiger partial charge in [0.25, 0.3) is 0 Å². The number of hydrogen-bond acceptors (Lipinski definition) is 6. The van der Waals surface area contributed by atoms with E-state index in [-0.39, 0.29) is 5.75 Å². The number of aryl methyl sites for hydroxylation is 1. The summed E-state index contributed by atoms with van der Waals surface area (Å²) in [5.41, 5.74) is 4.73. The van der Waals surface area contributed by atoms with Crippen molar-refractivity contribution in [3.05, 3.63) is 42.2 Å². The highest BCUT2D eigenvalue weighted by Crippen LogP contribution is 2.41. The number of phenols is 1. The van der Waals surface area contributed by atoms with E-state index in [0.717, 1.165) is 66.5 Å². The van der Waals surface area contributed by atoms with Crippen molar-refractivity contribution in [2.75, 3.05) is 31.1 Å². The van der Waals surface area contributed by atoms with Gasteiger partial charge in [-0.3, -0.25) is 4.68 Å². The highest BCUT2D eigenvalue weighted by molar-refractivity contribution is 5.90. The number of aromatic nitrogens is 4. The molecule has 4 aromatic rings. The molecule has 0 unspecified atom stereocenters. The van der Waals surface area contributed by atoms with Crippen LogP contribution >= 0.6 is 0 Å². The molecular weight excluding hydrogens is 388 g/mol. The molecular formula is C24H26N6O. The molecule has 0 amide bonds. The van der Waals surface area contributed by atoms with Gasteiger partial charge in [0.1, 0.15) is 5.75 Å². The van der Waals surface area contributed by atoms with Gasteiger partial charge in [-0.25, -0.2) is 9.97 Å². The quantitative estimate of drug-likeness (QED) is 0.534. The summed E-state index contributed by atoms with van der Waals surface area (Å²) in [5, 5.41) is 20.6. The molecule has 0 spiro atoms. The zero-order valence-electron chi connectivity index (χ0n) is 17.7. The molecule has 2 N–H and O–H groups in total. The molecule has 2 aliphatic rings. The summed E-state index contributed by atoms with van der Waals surface area (Å²) in [6.45, 7) is 4.06. The Morgan fingerprint density at radius 3 is 2.65 bits per heavy atom. The first-order valence-electron chi connectivity index (χ1n) is 11.1. The van der Waals surface area contributed by atoms with Crippen LogP contribution in [0.3, 0.4) is 0 Å². The number of nitrogens with zero attached hydrogens (tertiary/aromatic N) is 5. The Morgan fingerprint density at radius 2 is 1.87 bits per heavy atom. The van der Waals surface area contributed by atoms with Crippen LogP contribution in [0.25, 0.3) is 33.2 Å². The van der Waals surface area contributed by atoms with Crippen LogP contribution in [0.4, 0.5) is 5.69 Å². The zero-order valence-corrected chi connectivity index (χ0v) is 17.7. The van der Waals surface area contributed by atoms with Crippen LogP contribution in [0.1, 0.15) is 30.9 Å². The molecule has 3 heterocycles. The monoisotopic (exact) mass is 414 g/mol. The summed E-state index contributed by atoms with van der Waals surface area (Å²) in [7, 11) is 1.88. The second-order valence-corrected chi connectivity index (χ2v) is 8.73. The predicted molar refractivity (Wildman–Crippen MR) is 123 cm³/mol. The predicted octanol–water partition coefficient (Wildman–Crippen LogP) is 3.57. The van der Waals surface area contributed by atoms with Gasteiger partial charge in [-0.05, 0) is 37.1 Å². The average Bonchev–Trinajstić information content (AvgIpc) is 3.11. The van der Waals surface area contributed by atoms with E-state index in [9.17, 15) is 5.11 Å².